The molecular weight excluding hydrogens is 346 g/mol. The highest BCUT2D eigenvalue weighted by Gasteiger charge is 2.14. The Balaban J connectivity index is 1.61. The molecule has 6 heteroatoms. The number of aromatic nitrogens is 2. The van der Waals surface area contributed by atoms with Gasteiger partial charge < -0.3 is 15.0 Å². The summed E-state index contributed by atoms with van der Waals surface area (Å²) in [6.07, 6.45) is 1.93. The van der Waals surface area contributed by atoms with Crippen LogP contribution in [0.15, 0.2) is 53.7 Å². The average Bonchev–Trinajstić information content (AvgIpc) is 3.08. The van der Waals surface area contributed by atoms with Crippen molar-refractivity contribution in [1.82, 2.24) is 15.3 Å². The number of carbonyl (C=O) groups excluding carboxylic acids is 1. The first kappa shape index (κ1) is 18.3. The molecule has 26 heavy (non-hydrogen) atoms. The van der Waals surface area contributed by atoms with Gasteiger partial charge in [-0.3, -0.25) is 4.79 Å². The van der Waals surface area contributed by atoms with Crippen LogP contribution in [-0.2, 0) is 4.79 Å². The summed E-state index contributed by atoms with van der Waals surface area (Å²) in [6.45, 7) is 2.12. The Labute approximate surface area is 157 Å². The van der Waals surface area contributed by atoms with Gasteiger partial charge in [-0.2, -0.15) is 0 Å². The molecule has 0 saturated carbocycles. The van der Waals surface area contributed by atoms with E-state index in [1.165, 1.54) is 11.8 Å². The van der Waals surface area contributed by atoms with Gasteiger partial charge in [0.15, 0.2) is 5.16 Å². The highest BCUT2D eigenvalue weighted by atomic mass is 32.2. The fraction of sp³-hybridized carbons (Fsp3) is 0.300. The van der Waals surface area contributed by atoms with E-state index in [4.69, 9.17) is 4.74 Å². The summed E-state index contributed by atoms with van der Waals surface area (Å²) in [5.74, 6) is 1.11. The Hall–Kier alpha value is -2.47. The van der Waals surface area contributed by atoms with E-state index in [-0.39, 0.29) is 11.9 Å². The molecule has 5 nitrogen and oxygen atoms in total. The molecule has 0 aliphatic carbocycles. The highest BCUT2D eigenvalue weighted by molar-refractivity contribution is 7.99. The molecular formula is C20H23N3O2S. The maximum Gasteiger partial charge on any atom is 0.230 e. The summed E-state index contributed by atoms with van der Waals surface area (Å²) in [7, 11) is 1.64. The van der Waals surface area contributed by atoms with E-state index in [1.54, 1.807) is 7.11 Å². The number of H-pyrrole nitrogens is 1. The molecule has 136 valence electrons. The van der Waals surface area contributed by atoms with E-state index < -0.39 is 0 Å². The fourth-order valence-corrected chi connectivity index (χ4v) is 3.52. The lowest BCUT2D eigenvalue weighted by Crippen LogP contribution is -2.29. The van der Waals surface area contributed by atoms with E-state index in [2.05, 4.69) is 34.3 Å². The Morgan fingerprint density at radius 1 is 1.27 bits per heavy atom. The summed E-state index contributed by atoms with van der Waals surface area (Å²) in [4.78, 5) is 20.1. The maximum absolute atomic E-state index is 12.4. The van der Waals surface area contributed by atoms with Crippen molar-refractivity contribution < 1.29 is 9.53 Å². The lowest BCUT2D eigenvalue weighted by molar-refractivity contribution is -0.119. The van der Waals surface area contributed by atoms with Gasteiger partial charge in [0, 0.05) is 6.07 Å². The van der Waals surface area contributed by atoms with Gasteiger partial charge in [0.2, 0.25) is 5.91 Å². The molecule has 0 radical (unpaired) electrons. The smallest absolute Gasteiger partial charge is 0.230 e. The number of nitrogens with zero attached hydrogens (tertiary/aromatic N) is 1. The average molecular weight is 369 g/mol. The summed E-state index contributed by atoms with van der Waals surface area (Å²) >= 11 is 1.40. The van der Waals surface area contributed by atoms with Gasteiger partial charge in [0.1, 0.15) is 5.75 Å². The molecule has 0 fully saturated rings. The van der Waals surface area contributed by atoms with Crippen molar-refractivity contribution in [2.45, 2.75) is 31.0 Å². The number of methoxy groups -OCH3 is 1. The van der Waals surface area contributed by atoms with Gasteiger partial charge in [-0.25, -0.2) is 4.98 Å². The lowest BCUT2D eigenvalue weighted by atomic mass is 10.0. The second kappa shape index (κ2) is 8.76. The first-order valence-electron chi connectivity index (χ1n) is 8.70. The van der Waals surface area contributed by atoms with Gasteiger partial charge in [-0.05, 0) is 24.1 Å². The van der Waals surface area contributed by atoms with Crippen LogP contribution in [0.4, 0.5) is 0 Å². The predicted octanol–water partition coefficient (Wildman–Crippen LogP) is 4.32. The third-order valence-electron chi connectivity index (χ3n) is 4.12. The van der Waals surface area contributed by atoms with Crippen molar-refractivity contribution in [3.05, 3.63) is 54.1 Å². The minimum Gasteiger partial charge on any atom is -0.497 e. The number of aromatic amines is 1. The van der Waals surface area contributed by atoms with Crippen molar-refractivity contribution in [2.24, 2.45) is 0 Å². The molecule has 0 bridgehead atoms. The molecule has 1 amide bonds. The van der Waals surface area contributed by atoms with E-state index in [0.717, 1.165) is 40.3 Å². The zero-order valence-electron chi connectivity index (χ0n) is 15.0. The molecule has 0 spiro atoms. The molecule has 0 unspecified atom stereocenters. The molecule has 0 aliphatic heterocycles. The zero-order chi connectivity index (χ0) is 18.4. The maximum atomic E-state index is 12.4. The third-order valence-corrected chi connectivity index (χ3v) is 5.00. The summed E-state index contributed by atoms with van der Waals surface area (Å²) in [5, 5.41) is 3.87. The van der Waals surface area contributed by atoms with E-state index in [0.29, 0.717) is 5.75 Å². The summed E-state index contributed by atoms with van der Waals surface area (Å²) in [5.41, 5.74) is 2.91. The summed E-state index contributed by atoms with van der Waals surface area (Å²) < 4.78 is 5.22. The van der Waals surface area contributed by atoms with Gasteiger partial charge in [-0.15, -0.1) is 0 Å². The minimum absolute atomic E-state index is 0.00957. The van der Waals surface area contributed by atoms with Crippen LogP contribution in [0.5, 0.6) is 5.75 Å². The Bertz CT molecular complexity index is 864. The van der Waals surface area contributed by atoms with Gasteiger partial charge in [0.05, 0.1) is 29.9 Å². The van der Waals surface area contributed by atoms with E-state index in [1.807, 2.05) is 36.4 Å². The van der Waals surface area contributed by atoms with Gasteiger partial charge in [0.25, 0.3) is 0 Å². The van der Waals surface area contributed by atoms with Crippen molar-refractivity contribution in [1.29, 1.82) is 0 Å². The largest absolute Gasteiger partial charge is 0.497 e. The first-order chi connectivity index (χ1) is 12.7. The number of ether oxygens (including phenoxy) is 1. The molecule has 1 atom stereocenters. The summed E-state index contributed by atoms with van der Waals surface area (Å²) in [6, 6.07) is 15.8. The number of amides is 1. The zero-order valence-corrected chi connectivity index (χ0v) is 15.8. The number of imidazole rings is 1. The molecule has 2 N–H and O–H groups in total. The number of fused-ring (bicyclic) bond motifs is 1. The topological polar surface area (TPSA) is 67.0 Å². The number of benzene rings is 2. The van der Waals surface area contributed by atoms with Crippen LogP contribution in [-0.4, -0.2) is 28.7 Å². The van der Waals surface area contributed by atoms with Gasteiger partial charge >= 0.3 is 0 Å². The lowest BCUT2D eigenvalue weighted by Gasteiger charge is -2.18. The van der Waals surface area contributed by atoms with E-state index in [9.17, 15) is 4.79 Å². The monoisotopic (exact) mass is 369 g/mol. The predicted molar refractivity (Wildman–Crippen MR) is 106 cm³/mol. The minimum atomic E-state index is 0.00957. The Morgan fingerprint density at radius 2 is 2.08 bits per heavy atom. The molecule has 2 aromatic carbocycles. The molecule has 3 rings (SSSR count). The second-order valence-corrected chi connectivity index (χ2v) is 7.00. The van der Waals surface area contributed by atoms with E-state index >= 15 is 0 Å². The number of rotatable bonds is 8. The molecule has 1 aromatic heterocycles. The Morgan fingerprint density at radius 3 is 2.81 bits per heavy atom. The highest BCUT2D eigenvalue weighted by Crippen LogP contribution is 2.23. The molecule has 3 aromatic rings. The number of nitrogens with one attached hydrogen (secondary N) is 2. The quantitative estimate of drug-likeness (QED) is 0.580. The second-order valence-electron chi connectivity index (χ2n) is 6.03. The van der Waals surface area contributed by atoms with Crippen LogP contribution in [0.2, 0.25) is 0 Å². The van der Waals surface area contributed by atoms with Crippen molar-refractivity contribution in [3.8, 4) is 5.75 Å². The van der Waals surface area contributed by atoms with Crippen molar-refractivity contribution in [3.63, 3.8) is 0 Å². The number of hydrogen-bond acceptors (Lipinski definition) is 4. The normalized spacial score (nSPS) is 12.1. The first-order valence-corrected chi connectivity index (χ1v) is 9.69. The van der Waals surface area contributed by atoms with Crippen LogP contribution in [0, 0.1) is 0 Å². The van der Waals surface area contributed by atoms with Crippen LogP contribution in [0.3, 0.4) is 0 Å². The number of thioether (sulfide) groups is 1. The standard InChI is InChI=1S/C20H23N3O2S/c1-3-7-16(14-8-5-4-6-9-14)21-19(24)13-26-20-22-17-11-10-15(25-2)12-18(17)23-20/h4-6,8-12,16H,3,7,13H2,1-2H3,(H,21,24)(H,22,23)/t16-/m0/s1. The fourth-order valence-electron chi connectivity index (χ4n) is 2.83. The van der Waals surface area contributed by atoms with Crippen molar-refractivity contribution >= 4 is 28.7 Å². The van der Waals surface area contributed by atoms with Crippen molar-refractivity contribution in [2.75, 3.05) is 12.9 Å². The SMILES string of the molecule is CCC[C@H](NC(=O)CSc1nc2ccc(OC)cc2[nH]1)c1ccccc1. The molecule has 0 saturated heterocycles. The van der Waals surface area contributed by atoms with Crippen LogP contribution < -0.4 is 10.1 Å². The van der Waals surface area contributed by atoms with Crippen LogP contribution in [0.25, 0.3) is 11.0 Å². The molecule has 0 aliphatic rings. The Kier molecular flexibility index (Phi) is 6.17. The van der Waals surface area contributed by atoms with Crippen LogP contribution in [0.1, 0.15) is 31.4 Å². The molecule has 1 heterocycles. The van der Waals surface area contributed by atoms with Crippen LogP contribution >= 0.6 is 11.8 Å². The van der Waals surface area contributed by atoms with Gasteiger partial charge in [-0.1, -0.05) is 55.4 Å². The number of hydrogen-bond donors (Lipinski definition) is 2. The number of carbonyl (C=O) groups is 1. The third kappa shape index (κ3) is 4.58.